The number of amides is 1. The Morgan fingerprint density at radius 3 is 2.28 bits per heavy atom. The summed E-state index contributed by atoms with van der Waals surface area (Å²) in [5.41, 5.74) is 8.08. The smallest absolute Gasteiger partial charge is 0.251 e. The van der Waals surface area contributed by atoms with Gasteiger partial charge in [0.1, 0.15) is 0 Å². The molecule has 2 rings (SSSR count). The maximum atomic E-state index is 12.3. The number of anilines is 1. The Morgan fingerprint density at radius 1 is 1.00 bits per heavy atom. The molecule has 3 N–H and O–H groups in total. The Morgan fingerprint density at radius 2 is 1.64 bits per heavy atom. The Hall–Kier alpha value is -2.40. The fourth-order valence-electron chi connectivity index (χ4n) is 2.30. The molecule has 0 aliphatic heterocycles. The molecule has 0 aliphatic rings. The molecular weight excluding hydrogens is 340 g/mol. The quantitative estimate of drug-likeness (QED) is 0.703. The van der Waals surface area contributed by atoms with Gasteiger partial charge in [0.2, 0.25) is 0 Å². The van der Waals surface area contributed by atoms with Crippen LogP contribution in [0.3, 0.4) is 0 Å². The summed E-state index contributed by atoms with van der Waals surface area (Å²) < 4.78 is 11.1. The van der Waals surface area contributed by atoms with Crippen LogP contribution in [0.15, 0.2) is 42.5 Å². The Balaban J connectivity index is 0.00000312. The molecule has 0 saturated carbocycles. The van der Waals surface area contributed by atoms with Gasteiger partial charge in [-0.1, -0.05) is 12.1 Å². The molecule has 6 heteroatoms. The number of carbonyl (C=O) groups is 1. The number of hydrogen-bond acceptors (Lipinski definition) is 4. The highest BCUT2D eigenvalue weighted by atomic mass is 35.5. The second kappa shape index (κ2) is 10.5. The van der Waals surface area contributed by atoms with E-state index < -0.39 is 0 Å². The molecule has 0 radical (unpaired) electrons. The van der Waals surface area contributed by atoms with Gasteiger partial charge in [0.15, 0.2) is 11.5 Å². The van der Waals surface area contributed by atoms with E-state index in [4.69, 9.17) is 15.2 Å². The molecule has 0 atom stereocenters. The predicted octanol–water partition coefficient (Wildman–Crippen LogP) is 3.46. The zero-order valence-electron chi connectivity index (χ0n) is 14.6. The van der Waals surface area contributed by atoms with Crippen LogP contribution < -0.4 is 20.5 Å². The second-order valence-electron chi connectivity index (χ2n) is 5.28. The first-order chi connectivity index (χ1) is 11.6. The van der Waals surface area contributed by atoms with Crippen molar-refractivity contribution in [2.24, 2.45) is 0 Å². The molecule has 0 unspecified atom stereocenters. The van der Waals surface area contributed by atoms with Crippen molar-refractivity contribution in [2.45, 2.75) is 20.3 Å². The van der Waals surface area contributed by atoms with E-state index in [1.807, 2.05) is 38.1 Å². The summed E-state index contributed by atoms with van der Waals surface area (Å²) >= 11 is 0. The number of nitrogens with two attached hydrogens (primary N) is 1. The monoisotopic (exact) mass is 364 g/mol. The molecule has 0 aromatic heterocycles. The van der Waals surface area contributed by atoms with E-state index in [0.717, 1.165) is 17.7 Å². The van der Waals surface area contributed by atoms with Gasteiger partial charge in [-0.2, -0.15) is 0 Å². The minimum Gasteiger partial charge on any atom is -0.490 e. The van der Waals surface area contributed by atoms with E-state index in [2.05, 4.69) is 5.32 Å². The molecule has 136 valence electrons. The van der Waals surface area contributed by atoms with Gasteiger partial charge < -0.3 is 20.5 Å². The molecule has 5 nitrogen and oxygen atoms in total. The van der Waals surface area contributed by atoms with Crippen molar-refractivity contribution in [3.8, 4) is 11.5 Å². The van der Waals surface area contributed by atoms with Crippen LogP contribution in [-0.2, 0) is 6.42 Å². The molecule has 2 aromatic carbocycles. The molecule has 2 aromatic rings. The predicted molar refractivity (Wildman–Crippen MR) is 103 cm³/mol. The van der Waals surface area contributed by atoms with Gasteiger partial charge in [-0.3, -0.25) is 4.79 Å². The number of rotatable bonds is 8. The van der Waals surface area contributed by atoms with Crippen LogP contribution in [0.25, 0.3) is 0 Å². The standard InChI is InChI=1S/C19H24N2O3.ClH/c1-3-23-17-10-7-15(13-18(17)24-4-2)19(22)21-12-11-14-5-8-16(20)9-6-14;/h5-10,13H,3-4,11-12,20H2,1-2H3,(H,21,22);1H. The molecule has 0 bridgehead atoms. The third kappa shape index (κ3) is 6.19. The number of carbonyl (C=O) groups excluding carboxylic acids is 1. The minimum atomic E-state index is -0.130. The van der Waals surface area contributed by atoms with Crippen molar-refractivity contribution >= 4 is 24.0 Å². The molecule has 0 heterocycles. The van der Waals surface area contributed by atoms with Crippen LogP contribution in [0.2, 0.25) is 0 Å². The van der Waals surface area contributed by atoms with Crippen LogP contribution >= 0.6 is 12.4 Å². The van der Waals surface area contributed by atoms with Gasteiger partial charge >= 0.3 is 0 Å². The minimum absolute atomic E-state index is 0. The van der Waals surface area contributed by atoms with E-state index in [-0.39, 0.29) is 18.3 Å². The lowest BCUT2D eigenvalue weighted by molar-refractivity contribution is 0.0953. The number of halogens is 1. The van der Waals surface area contributed by atoms with Crippen LogP contribution in [0.5, 0.6) is 11.5 Å². The number of nitrogen functional groups attached to an aromatic ring is 1. The van der Waals surface area contributed by atoms with Gasteiger partial charge in [-0.05, 0) is 56.2 Å². The SMILES string of the molecule is CCOc1ccc(C(=O)NCCc2ccc(N)cc2)cc1OCC.Cl. The van der Waals surface area contributed by atoms with Crippen LogP contribution in [-0.4, -0.2) is 25.7 Å². The fourth-order valence-corrected chi connectivity index (χ4v) is 2.30. The largest absolute Gasteiger partial charge is 0.490 e. The van der Waals surface area contributed by atoms with Crippen LogP contribution in [0.4, 0.5) is 5.69 Å². The van der Waals surface area contributed by atoms with Crippen molar-refractivity contribution in [1.29, 1.82) is 0 Å². The van der Waals surface area contributed by atoms with Gasteiger partial charge in [-0.25, -0.2) is 0 Å². The van der Waals surface area contributed by atoms with Crippen LogP contribution in [0.1, 0.15) is 29.8 Å². The number of hydrogen-bond donors (Lipinski definition) is 2. The van der Waals surface area contributed by atoms with Crippen molar-refractivity contribution in [2.75, 3.05) is 25.5 Å². The summed E-state index contributed by atoms with van der Waals surface area (Å²) in [6, 6.07) is 12.9. The summed E-state index contributed by atoms with van der Waals surface area (Å²) in [6.45, 7) is 5.43. The second-order valence-corrected chi connectivity index (χ2v) is 5.28. The van der Waals surface area contributed by atoms with Crippen molar-refractivity contribution in [3.63, 3.8) is 0 Å². The molecule has 1 amide bonds. The molecule has 0 saturated heterocycles. The van der Waals surface area contributed by atoms with Gasteiger partial charge in [-0.15, -0.1) is 12.4 Å². The maximum absolute atomic E-state index is 12.3. The first-order valence-corrected chi connectivity index (χ1v) is 8.16. The van der Waals surface area contributed by atoms with E-state index >= 15 is 0 Å². The Labute approximate surface area is 154 Å². The first-order valence-electron chi connectivity index (χ1n) is 8.16. The number of nitrogens with one attached hydrogen (secondary N) is 1. The zero-order valence-corrected chi connectivity index (χ0v) is 15.4. The van der Waals surface area contributed by atoms with E-state index in [1.54, 1.807) is 18.2 Å². The van der Waals surface area contributed by atoms with Gasteiger partial charge in [0, 0.05) is 17.8 Å². The molecular formula is C19H25ClN2O3. The molecule has 0 fully saturated rings. The summed E-state index contributed by atoms with van der Waals surface area (Å²) in [5.74, 6) is 1.11. The summed E-state index contributed by atoms with van der Waals surface area (Å²) in [7, 11) is 0. The highest BCUT2D eigenvalue weighted by Gasteiger charge is 2.11. The lowest BCUT2D eigenvalue weighted by Crippen LogP contribution is -2.25. The van der Waals surface area contributed by atoms with Crippen LogP contribution in [0, 0.1) is 0 Å². The van der Waals surface area contributed by atoms with E-state index in [0.29, 0.717) is 36.8 Å². The van der Waals surface area contributed by atoms with E-state index in [1.165, 1.54) is 0 Å². The average molecular weight is 365 g/mol. The van der Waals surface area contributed by atoms with Crippen molar-refractivity contribution < 1.29 is 14.3 Å². The van der Waals surface area contributed by atoms with Gasteiger partial charge in [0.05, 0.1) is 13.2 Å². The number of ether oxygens (including phenoxy) is 2. The molecule has 25 heavy (non-hydrogen) atoms. The Bertz CT molecular complexity index is 675. The topological polar surface area (TPSA) is 73.6 Å². The number of benzene rings is 2. The lowest BCUT2D eigenvalue weighted by atomic mass is 10.1. The highest BCUT2D eigenvalue weighted by Crippen LogP contribution is 2.28. The van der Waals surface area contributed by atoms with Crippen molar-refractivity contribution in [3.05, 3.63) is 53.6 Å². The molecule has 0 spiro atoms. The lowest BCUT2D eigenvalue weighted by Gasteiger charge is -2.12. The highest BCUT2D eigenvalue weighted by molar-refractivity contribution is 5.94. The fraction of sp³-hybridized carbons (Fsp3) is 0.316. The average Bonchev–Trinajstić information content (AvgIpc) is 2.58. The Kier molecular flexibility index (Phi) is 8.64. The summed E-state index contributed by atoms with van der Waals surface area (Å²) in [6.07, 6.45) is 0.751. The first kappa shape index (κ1) is 20.6. The van der Waals surface area contributed by atoms with Gasteiger partial charge in [0.25, 0.3) is 5.91 Å². The maximum Gasteiger partial charge on any atom is 0.251 e. The third-order valence-electron chi connectivity index (χ3n) is 3.48. The molecule has 0 aliphatic carbocycles. The zero-order chi connectivity index (χ0) is 17.4. The van der Waals surface area contributed by atoms with Crippen molar-refractivity contribution in [1.82, 2.24) is 5.32 Å². The third-order valence-corrected chi connectivity index (χ3v) is 3.48. The normalized spacial score (nSPS) is 9.84. The summed E-state index contributed by atoms with van der Waals surface area (Å²) in [5, 5.41) is 2.92. The van der Waals surface area contributed by atoms with E-state index in [9.17, 15) is 4.79 Å². The summed E-state index contributed by atoms with van der Waals surface area (Å²) in [4.78, 5) is 12.3.